The number of anilines is 1. The highest BCUT2D eigenvalue weighted by atomic mass is 32.1. The van der Waals surface area contributed by atoms with Crippen LogP contribution in [-0.4, -0.2) is 22.0 Å². The molecular weight excluding hydrogens is 415 g/mol. The Balaban J connectivity index is 1.79. The maximum atomic E-state index is 13.3. The fourth-order valence-electron chi connectivity index (χ4n) is 3.29. The Bertz CT molecular complexity index is 1280. The van der Waals surface area contributed by atoms with Crippen molar-refractivity contribution in [2.24, 2.45) is 0 Å². The van der Waals surface area contributed by atoms with Gasteiger partial charge in [-0.25, -0.2) is 14.2 Å². The first-order chi connectivity index (χ1) is 15.0. The summed E-state index contributed by atoms with van der Waals surface area (Å²) in [4.78, 5) is 18.3. The Kier molecular flexibility index (Phi) is 5.69. The first kappa shape index (κ1) is 20.6. The van der Waals surface area contributed by atoms with Gasteiger partial charge in [-0.05, 0) is 43.7 Å². The van der Waals surface area contributed by atoms with Gasteiger partial charge >= 0.3 is 5.97 Å². The molecule has 0 aliphatic heterocycles. The molecule has 0 bridgehead atoms. The average molecular weight is 434 g/mol. The van der Waals surface area contributed by atoms with Gasteiger partial charge in [0.25, 0.3) is 0 Å². The van der Waals surface area contributed by atoms with Gasteiger partial charge in [0.15, 0.2) is 4.96 Å². The third kappa shape index (κ3) is 4.00. The summed E-state index contributed by atoms with van der Waals surface area (Å²) in [5, 5.41) is 12.5. The largest absolute Gasteiger partial charge is 0.462 e. The van der Waals surface area contributed by atoms with Gasteiger partial charge in [-0.15, -0.1) is 0 Å². The summed E-state index contributed by atoms with van der Waals surface area (Å²) in [5.74, 6) is 0.0507. The van der Waals surface area contributed by atoms with E-state index in [1.54, 1.807) is 31.2 Å². The number of hydrogen-bond acceptors (Lipinski definition) is 6. The van der Waals surface area contributed by atoms with Crippen molar-refractivity contribution in [1.82, 2.24) is 9.38 Å². The number of benzene rings is 2. The molecule has 0 aliphatic rings. The molecule has 0 radical (unpaired) electrons. The fraction of sp³-hybridized carbons (Fsp3) is 0.174. The van der Waals surface area contributed by atoms with Crippen LogP contribution in [0.25, 0.3) is 16.2 Å². The SMILES string of the molecule is CCOC(=O)c1sc2nc(-c3ccc(C#N)cc3)c(NCc3ccc(F)cc3)n2c1C. The lowest BCUT2D eigenvalue weighted by Crippen LogP contribution is -2.07. The normalized spacial score (nSPS) is 10.8. The van der Waals surface area contributed by atoms with Crippen molar-refractivity contribution in [2.75, 3.05) is 11.9 Å². The number of carbonyl (C=O) groups excluding carboxylic acids is 1. The first-order valence-corrected chi connectivity index (χ1v) is 10.5. The third-order valence-electron chi connectivity index (χ3n) is 4.83. The van der Waals surface area contributed by atoms with E-state index in [0.717, 1.165) is 16.8 Å². The summed E-state index contributed by atoms with van der Waals surface area (Å²) >= 11 is 1.27. The van der Waals surface area contributed by atoms with E-state index < -0.39 is 0 Å². The molecule has 2 aromatic carbocycles. The van der Waals surface area contributed by atoms with E-state index in [9.17, 15) is 9.18 Å². The molecule has 0 spiro atoms. The number of thiazole rings is 1. The molecule has 0 unspecified atom stereocenters. The molecule has 0 amide bonds. The molecule has 6 nitrogen and oxygen atoms in total. The van der Waals surface area contributed by atoms with Gasteiger partial charge in [0, 0.05) is 17.8 Å². The lowest BCUT2D eigenvalue weighted by Gasteiger charge is -2.10. The fourth-order valence-corrected chi connectivity index (χ4v) is 4.31. The van der Waals surface area contributed by atoms with E-state index in [2.05, 4.69) is 11.4 Å². The van der Waals surface area contributed by atoms with Crippen molar-refractivity contribution in [2.45, 2.75) is 20.4 Å². The van der Waals surface area contributed by atoms with Crippen molar-refractivity contribution >= 4 is 28.1 Å². The number of carbonyl (C=O) groups is 1. The van der Waals surface area contributed by atoms with E-state index in [1.807, 2.05) is 23.5 Å². The summed E-state index contributed by atoms with van der Waals surface area (Å²) in [6.45, 7) is 4.36. The van der Waals surface area contributed by atoms with Crippen molar-refractivity contribution in [3.63, 3.8) is 0 Å². The number of imidazole rings is 1. The second kappa shape index (κ2) is 8.58. The van der Waals surface area contributed by atoms with Crippen molar-refractivity contribution < 1.29 is 13.9 Å². The molecule has 2 aromatic heterocycles. The van der Waals surface area contributed by atoms with Crippen LogP contribution in [-0.2, 0) is 11.3 Å². The number of halogens is 1. The number of aromatic nitrogens is 2. The van der Waals surface area contributed by atoms with Gasteiger partial charge in [-0.3, -0.25) is 4.40 Å². The number of rotatable bonds is 6. The van der Waals surface area contributed by atoms with Gasteiger partial charge in [0.2, 0.25) is 0 Å². The molecule has 4 rings (SSSR count). The maximum Gasteiger partial charge on any atom is 0.350 e. The van der Waals surface area contributed by atoms with Crippen molar-refractivity contribution in [1.29, 1.82) is 5.26 Å². The lowest BCUT2D eigenvalue weighted by atomic mass is 10.1. The second-order valence-corrected chi connectivity index (χ2v) is 7.81. The van der Waals surface area contributed by atoms with E-state index in [1.165, 1.54) is 23.5 Å². The molecule has 0 atom stereocenters. The number of ether oxygens (including phenoxy) is 1. The first-order valence-electron chi connectivity index (χ1n) is 9.69. The highest BCUT2D eigenvalue weighted by molar-refractivity contribution is 7.19. The predicted octanol–water partition coefficient (Wildman–Crippen LogP) is 5.17. The van der Waals surface area contributed by atoms with E-state index >= 15 is 0 Å². The number of nitrogens with one attached hydrogen (secondary N) is 1. The molecule has 0 fully saturated rings. The summed E-state index contributed by atoms with van der Waals surface area (Å²) in [6, 6.07) is 15.5. The van der Waals surface area contributed by atoms with E-state index in [4.69, 9.17) is 15.0 Å². The average Bonchev–Trinajstić information content (AvgIpc) is 3.30. The van der Waals surface area contributed by atoms with Crippen LogP contribution in [0.5, 0.6) is 0 Å². The van der Waals surface area contributed by atoms with Gasteiger partial charge in [-0.1, -0.05) is 35.6 Å². The van der Waals surface area contributed by atoms with Gasteiger partial charge in [0.1, 0.15) is 22.2 Å². The summed E-state index contributed by atoms with van der Waals surface area (Å²) in [6.07, 6.45) is 0. The van der Waals surface area contributed by atoms with Gasteiger partial charge in [-0.2, -0.15) is 5.26 Å². The Labute approximate surface area is 182 Å². The molecule has 0 saturated heterocycles. The standard InChI is InChI=1S/C23H19FN4O2S/c1-3-30-22(29)20-14(2)28-21(26-13-16-6-10-18(24)11-7-16)19(27-23(28)31-20)17-8-4-15(12-25)5-9-17/h4-11,26H,3,13H2,1-2H3. The topological polar surface area (TPSA) is 79.4 Å². The Hall–Kier alpha value is -3.70. The minimum absolute atomic E-state index is 0.290. The van der Waals surface area contributed by atoms with Crippen molar-refractivity contribution in [3.8, 4) is 17.3 Å². The third-order valence-corrected chi connectivity index (χ3v) is 5.95. The van der Waals surface area contributed by atoms with Gasteiger partial charge < -0.3 is 10.1 Å². The monoisotopic (exact) mass is 434 g/mol. The zero-order valence-corrected chi connectivity index (χ0v) is 17.8. The van der Waals surface area contributed by atoms with Crippen LogP contribution in [0.4, 0.5) is 10.2 Å². The molecule has 8 heteroatoms. The minimum Gasteiger partial charge on any atom is -0.462 e. The minimum atomic E-state index is -0.375. The van der Waals surface area contributed by atoms with Crippen LogP contribution in [0.15, 0.2) is 48.5 Å². The molecule has 2 heterocycles. The number of nitriles is 1. The van der Waals surface area contributed by atoms with Crippen LogP contribution < -0.4 is 5.32 Å². The number of nitrogens with zero attached hydrogens (tertiary/aromatic N) is 3. The number of esters is 1. The number of aryl methyl sites for hydroxylation is 1. The summed E-state index contributed by atoms with van der Waals surface area (Å²) in [5.41, 5.74) is 3.74. The highest BCUT2D eigenvalue weighted by Crippen LogP contribution is 2.35. The molecule has 4 aromatic rings. The molecule has 1 N–H and O–H groups in total. The molecule has 0 aliphatic carbocycles. The number of hydrogen-bond donors (Lipinski definition) is 1. The summed E-state index contributed by atoms with van der Waals surface area (Å²) < 4.78 is 20.3. The van der Waals surface area contributed by atoms with Crippen LogP contribution >= 0.6 is 11.3 Å². The molecule has 31 heavy (non-hydrogen) atoms. The summed E-state index contributed by atoms with van der Waals surface area (Å²) in [7, 11) is 0. The Morgan fingerprint density at radius 1 is 1.23 bits per heavy atom. The zero-order chi connectivity index (χ0) is 22.0. The van der Waals surface area contributed by atoms with Crippen LogP contribution in [0.1, 0.15) is 33.4 Å². The zero-order valence-electron chi connectivity index (χ0n) is 17.0. The van der Waals surface area contributed by atoms with Gasteiger partial charge in [0.05, 0.1) is 18.2 Å². The van der Waals surface area contributed by atoms with E-state index in [0.29, 0.717) is 40.1 Å². The molecular formula is C23H19FN4O2S. The van der Waals surface area contributed by atoms with Crippen LogP contribution in [0.3, 0.4) is 0 Å². The quantitative estimate of drug-likeness (QED) is 0.424. The molecule has 156 valence electrons. The second-order valence-electron chi connectivity index (χ2n) is 6.83. The van der Waals surface area contributed by atoms with Crippen molar-refractivity contribution in [3.05, 3.63) is 76.0 Å². The maximum absolute atomic E-state index is 13.3. The van der Waals surface area contributed by atoms with Crippen LogP contribution in [0.2, 0.25) is 0 Å². The Morgan fingerprint density at radius 2 is 1.94 bits per heavy atom. The van der Waals surface area contributed by atoms with E-state index in [-0.39, 0.29) is 11.8 Å². The number of fused-ring (bicyclic) bond motifs is 1. The highest BCUT2D eigenvalue weighted by Gasteiger charge is 2.23. The molecule has 0 saturated carbocycles. The Morgan fingerprint density at radius 3 is 2.58 bits per heavy atom. The van der Waals surface area contributed by atoms with Crippen LogP contribution in [0, 0.1) is 24.1 Å². The smallest absolute Gasteiger partial charge is 0.350 e. The predicted molar refractivity (Wildman–Crippen MR) is 118 cm³/mol. The lowest BCUT2D eigenvalue weighted by molar-refractivity contribution is 0.0531.